The molecular weight excluding hydrogens is 248 g/mol. The first-order chi connectivity index (χ1) is 9.00. The summed E-state index contributed by atoms with van der Waals surface area (Å²) >= 11 is 0. The summed E-state index contributed by atoms with van der Waals surface area (Å²) < 4.78 is 0. The summed E-state index contributed by atoms with van der Waals surface area (Å²) in [5.41, 5.74) is 0. The van der Waals surface area contributed by atoms with Gasteiger partial charge in [0.2, 0.25) is 0 Å². The number of carbonyl (C=O) groups is 2. The molecule has 110 valence electrons. The molecule has 0 aromatic heterocycles. The van der Waals surface area contributed by atoms with Crippen LogP contribution in [0.3, 0.4) is 0 Å². The van der Waals surface area contributed by atoms with Gasteiger partial charge in [-0.25, -0.2) is 9.59 Å². The molecule has 0 radical (unpaired) electrons. The zero-order chi connectivity index (χ0) is 14.3. The maximum absolute atomic E-state index is 11.7. The predicted octanol–water partition coefficient (Wildman–Crippen LogP) is 1.09. The normalized spacial score (nSPS) is 25.2. The number of carboxylic acid groups (broad SMARTS) is 1. The molecule has 0 spiro atoms. The Labute approximate surface area is 113 Å². The second-order valence-electron chi connectivity index (χ2n) is 5.26. The Morgan fingerprint density at radius 3 is 2.63 bits per heavy atom. The fourth-order valence-corrected chi connectivity index (χ4v) is 2.37. The zero-order valence-corrected chi connectivity index (χ0v) is 11.4. The van der Waals surface area contributed by atoms with Gasteiger partial charge in [-0.2, -0.15) is 0 Å². The Morgan fingerprint density at radius 1 is 1.26 bits per heavy atom. The van der Waals surface area contributed by atoms with Crippen LogP contribution in [0.15, 0.2) is 0 Å². The number of hydrogen-bond acceptors (Lipinski definition) is 3. The van der Waals surface area contributed by atoms with Gasteiger partial charge in [0.25, 0.3) is 0 Å². The number of carboxylic acids is 1. The number of amides is 2. The van der Waals surface area contributed by atoms with Gasteiger partial charge >= 0.3 is 12.0 Å². The van der Waals surface area contributed by atoms with Gasteiger partial charge in [0.1, 0.15) is 0 Å². The molecule has 0 aromatic rings. The first kappa shape index (κ1) is 15.8. The quantitative estimate of drug-likeness (QED) is 0.563. The van der Waals surface area contributed by atoms with Crippen LogP contribution in [-0.4, -0.2) is 40.9 Å². The molecule has 0 heterocycles. The fraction of sp³-hybridized carbons (Fsp3) is 0.846. The van der Waals surface area contributed by atoms with Crippen LogP contribution in [0.5, 0.6) is 0 Å². The lowest BCUT2D eigenvalue weighted by Gasteiger charge is -2.23. The summed E-state index contributed by atoms with van der Waals surface area (Å²) in [6.45, 7) is 2.30. The molecule has 0 aromatic carbocycles. The number of carbonyl (C=O) groups excluding carboxylic acids is 1. The molecular formula is C13H24N2O4. The molecule has 3 unspecified atom stereocenters. The van der Waals surface area contributed by atoms with Crippen LogP contribution in [-0.2, 0) is 4.79 Å². The van der Waals surface area contributed by atoms with E-state index in [1.807, 2.05) is 0 Å². The average molecular weight is 272 g/mol. The summed E-state index contributed by atoms with van der Waals surface area (Å²) in [5, 5.41) is 23.1. The number of nitrogens with one attached hydrogen (secondary N) is 2. The highest BCUT2D eigenvalue weighted by Gasteiger charge is 2.21. The van der Waals surface area contributed by atoms with Gasteiger partial charge in [-0.15, -0.1) is 0 Å². The van der Waals surface area contributed by atoms with Crippen LogP contribution in [0.25, 0.3) is 0 Å². The largest absolute Gasteiger partial charge is 0.479 e. The monoisotopic (exact) mass is 272 g/mol. The van der Waals surface area contributed by atoms with Crippen LogP contribution >= 0.6 is 0 Å². The van der Waals surface area contributed by atoms with E-state index in [9.17, 15) is 9.59 Å². The van der Waals surface area contributed by atoms with E-state index in [4.69, 9.17) is 10.2 Å². The number of hydrogen-bond donors (Lipinski definition) is 4. The van der Waals surface area contributed by atoms with Gasteiger partial charge in [0.05, 0.1) is 0 Å². The van der Waals surface area contributed by atoms with E-state index in [0.717, 1.165) is 19.3 Å². The third-order valence-electron chi connectivity index (χ3n) is 3.67. The average Bonchev–Trinajstić information content (AvgIpc) is 2.54. The third kappa shape index (κ3) is 5.92. The van der Waals surface area contributed by atoms with Gasteiger partial charge < -0.3 is 20.8 Å². The number of aliphatic carboxylic acids is 1. The molecule has 0 bridgehead atoms. The van der Waals surface area contributed by atoms with Crippen molar-refractivity contribution in [3.8, 4) is 0 Å². The van der Waals surface area contributed by atoms with Crippen molar-refractivity contribution in [3.63, 3.8) is 0 Å². The van der Waals surface area contributed by atoms with Crippen LogP contribution in [0.2, 0.25) is 0 Å². The first-order valence-electron chi connectivity index (χ1n) is 6.96. The molecule has 6 heteroatoms. The van der Waals surface area contributed by atoms with E-state index in [0.29, 0.717) is 5.92 Å². The molecule has 6 nitrogen and oxygen atoms in total. The van der Waals surface area contributed by atoms with E-state index in [1.165, 1.54) is 12.8 Å². The molecule has 3 atom stereocenters. The lowest BCUT2D eigenvalue weighted by Crippen LogP contribution is -2.45. The summed E-state index contributed by atoms with van der Waals surface area (Å²) in [4.78, 5) is 22.1. The summed E-state index contributed by atoms with van der Waals surface area (Å²) in [6.07, 6.45) is 4.28. The Kier molecular flexibility index (Phi) is 6.62. The lowest BCUT2D eigenvalue weighted by molar-refractivity contribution is -0.146. The van der Waals surface area contributed by atoms with Gasteiger partial charge in [-0.1, -0.05) is 26.2 Å². The van der Waals surface area contributed by atoms with Crippen molar-refractivity contribution in [1.82, 2.24) is 10.6 Å². The van der Waals surface area contributed by atoms with Crippen molar-refractivity contribution < 1.29 is 19.8 Å². The molecule has 0 saturated heterocycles. The van der Waals surface area contributed by atoms with Gasteiger partial charge in [-0.3, -0.25) is 0 Å². The van der Waals surface area contributed by atoms with Crippen molar-refractivity contribution in [2.24, 2.45) is 5.92 Å². The standard InChI is InChI=1S/C13H24N2O4/c1-9-5-3-2-4-6-10(9)15-13(19)14-8-7-11(16)12(17)18/h9-11,16H,2-8H2,1H3,(H,17,18)(H2,14,15,19). The maximum Gasteiger partial charge on any atom is 0.332 e. The van der Waals surface area contributed by atoms with Crippen LogP contribution in [0.4, 0.5) is 4.79 Å². The number of urea groups is 1. The molecule has 1 aliphatic rings. The SMILES string of the molecule is CC1CCCCCC1NC(=O)NCCC(O)C(=O)O. The molecule has 0 aliphatic heterocycles. The Balaban J connectivity index is 2.24. The molecule has 1 rings (SSSR count). The minimum Gasteiger partial charge on any atom is -0.479 e. The highest BCUT2D eigenvalue weighted by atomic mass is 16.4. The van der Waals surface area contributed by atoms with E-state index < -0.39 is 12.1 Å². The highest BCUT2D eigenvalue weighted by molar-refractivity contribution is 5.74. The number of aliphatic hydroxyl groups is 1. The third-order valence-corrected chi connectivity index (χ3v) is 3.67. The van der Waals surface area contributed by atoms with E-state index in [1.54, 1.807) is 0 Å². The van der Waals surface area contributed by atoms with Crippen molar-refractivity contribution in [2.75, 3.05) is 6.54 Å². The molecule has 4 N–H and O–H groups in total. The van der Waals surface area contributed by atoms with Gasteiger partial charge in [0.15, 0.2) is 6.10 Å². The molecule has 19 heavy (non-hydrogen) atoms. The number of aliphatic hydroxyl groups excluding tert-OH is 1. The molecule has 1 fully saturated rings. The second kappa shape index (κ2) is 7.99. The van der Waals surface area contributed by atoms with Gasteiger partial charge in [0, 0.05) is 19.0 Å². The summed E-state index contributed by atoms with van der Waals surface area (Å²) in [7, 11) is 0. The summed E-state index contributed by atoms with van der Waals surface area (Å²) in [6, 6.07) is -0.0942. The second-order valence-corrected chi connectivity index (χ2v) is 5.26. The van der Waals surface area contributed by atoms with Crippen LogP contribution < -0.4 is 10.6 Å². The Hall–Kier alpha value is -1.30. The summed E-state index contributed by atoms with van der Waals surface area (Å²) in [5.74, 6) is -0.794. The van der Waals surface area contributed by atoms with Crippen molar-refractivity contribution in [1.29, 1.82) is 0 Å². The smallest absolute Gasteiger partial charge is 0.332 e. The van der Waals surface area contributed by atoms with Gasteiger partial charge in [-0.05, 0) is 18.8 Å². The van der Waals surface area contributed by atoms with Crippen LogP contribution in [0.1, 0.15) is 45.4 Å². The minimum absolute atomic E-state index is 0.0168. The fourth-order valence-electron chi connectivity index (χ4n) is 2.37. The Morgan fingerprint density at radius 2 is 1.95 bits per heavy atom. The number of rotatable bonds is 5. The maximum atomic E-state index is 11.7. The topological polar surface area (TPSA) is 98.7 Å². The molecule has 2 amide bonds. The van der Waals surface area contributed by atoms with Crippen LogP contribution in [0, 0.1) is 5.92 Å². The Bertz CT molecular complexity index is 309. The predicted molar refractivity (Wildman–Crippen MR) is 70.8 cm³/mol. The van der Waals surface area contributed by atoms with Crippen molar-refractivity contribution in [3.05, 3.63) is 0 Å². The minimum atomic E-state index is -1.42. The lowest BCUT2D eigenvalue weighted by atomic mass is 9.97. The zero-order valence-electron chi connectivity index (χ0n) is 11.4. The molecule has 1 saturated carbocycles. The van der Waals surface area contributed by atoms with E-state index >= 15 is 0 Å². The van der Waals surface area contributed by atoms with E-state index in [2.05, 4.69) is 17.6 Å². The van der Waals surface area contributed by atoms with E-state index in [-0.39, 0.29) is 25.0 Å². The molecule has 1 aliphatic carbocycles. The van der Waals surface area contributed by atoms with Crippen molar-refractivity contribution in [2.45, 2.75) is 57.6 Å². The highest BCUT2D eigenvalue weighted by Crippen LogP contribution is 2.22. The first-order valence-corrected chi connectivity index (χ1v) is 6.96. The van der Waals surface area contributed by atoms with Crippen molar-refractivity contribution >= 4 is 12.0 Å².